The Morgan fingerprint density at radius 3 is 2.24 bits per heavy atom. The first-order chi connectivity index (χ1) is 15.6. The summed E-state index contributed by atoms with van der Waals surface area (Å²) >= 11 is 0. The van der Waals surface area contributed by atoms with Gasteiger partial charge in [0, 0.05) is 7.11 Å². The molecule has 4 saturated carbocycles. The molecule has 0 radical (unpaired) electrons. The van der Waals surface area contributed by atoms with Crippen molar-refractivity contribution in [1.29, 1.82) is 0 Å². The van der Waals surface area contributed by atoms with Crippen LogP contribution in [0.4, 0.5) is 0 Å². The lowest BCUT2D eigenvalue weighted by atomic mass is 9.35. The fraction of sp³-hybridized carbons (Fsp3) is 0.935. The van der Waals surface area contributed by atoms with Crippen molar-refractivity contribution < 1.29 is 14.9 Å². The first kappa shape index (κ1) is 26.7. The fourth-order valence-corrected chi connectivity index (χ4v) is 10.2. The third kappa shape index (κ3) is 3.77. The molecule has 0 aromatic rings. The molecule has 0 unspecified atom stereocenters. The molecule has 196 valence electrons. The van der Waals surface area contributed by atoms with Crippen LogP contribution in [-0.2, 0) is 4.74 Å². The lowest BCUT2D eigenvalue weighted by molar-refractivity contribution is -0.240. The normalized spacial score (nSPS) is 48.7. The van der Waals surface area contributed by atoms with E-state index in [4.69, 9.17) is 4.74 Å². The van der Waals surface area contributed by atoms with E-state index in [9.17, 15) is 10.2 Å². The number of aliphatic hydroxyl groups excluding tert-OH is 2. The number of hydrogen-bond acceptors (Lipinski definition) is 3. The van der Waals surface area contributed by atoms with Gasteiger partial charge in [-0.05, 0) is 124 Å². The van der Waals surface area contributed by atoms with Crippen molar-refractivity contribution in [2.24, 2.45) is 45.3 Å². The molecule has 2 N–H and O–H groups in total. The molecule has 0 bridgehead atoms. The van der Waals surface area contributed by atoms with Gasteiger partial charge in [0.1, 0.15) is 0 Å². The van der Waals surface area contributed by atoms with Crippen molar-refractivity contribution in [1.82, 2.24) is 0 Å². The van der Waals surface area contributed by atoms with Crippen molar-refractivity contribution >= 4 is 0 Å². The molecule has 4 aliphatic rings. The first-order valence-corrected chi connectivity index (χ1v) is 14.2. The van der Waals surface area contributed by atoms with E-state index in [-0.39, 0.29) is 39.5 Å². The van der Waals surface area contributed by atoms with Crippen molar-refractivity contribution in [3.63, 3.8) is 0 Å². The topological polar surface area (TPSA) is 49.7 Å². The Morgan fingerprint density at radius 2 is 1.59 bits per heavy atom. The first-order valence-electron chi connectivity index (χ1n) is 14.2. The zero-order valence-corrected chi connectivity index (χ0v) is 23.7. The smallest absolute Gasteiger partial charge is 0.0625 e. The molecule has 34 heavy (non-hydrogen) atoms. The van der Waals surface area contributed by atoms with E-state index >= 15 is 0 Å². The number of rotatable bonds is 5. The van der Waals surface area contributed by atoms with Crippen LogP contribution >= 0.6 is 0 Å². The van der Waals surface area contributed by atoms with Gasteiger partial charge in [-0.25, -0.2) is 0 Å². The molecule has 3 heteroatoms. The van der Waals surface area contributed by atoms with Gasteiger partial charge in [-0.15, -0.1) is 0 Å². The Morgan fingerprint density at radius 1 is 0.941 bits per heavy atom. The average molecular weight is 475 g/mol. The maximum Gasteiger partial charge on any atom is 0.0625 e. The second-order valence-corrected chi connectivity index (χ2v) is 14.8. The van der Waals surface area contributed by atoms with E-state index in [0.29, 0.717) is 23.7 Å². The lowest BCUT2D eigenvalue weighted by Crippen LogP contribution is -2.66. The van der Waals surface area contributed by atoms with Gasteiger partial charge < -0.3 is 14.9 Å². The lowest BCUT2D eigenvalue weighted by Gasteiger charge is -2.70. The van der Waals surface area contributed by atoms with Gasteiger partial charge in [-0.2, -0.15) is 0 Å². The van der Waals surface area contributed by atoms with E-state index in [0.717, 1.165) is 32.1 Å². The molecular weight excluding hydrogens is 420 g/mol. The molecule has 0 amide bonds. The third-order valence-corrected chi connectivity index (χ3v) is 12.7. The summed E-state index contributed by atoms with van der Waals surface area (Å²) in [6.07, 6.45) is 12.0. The van der Waals surface area contributed by atoms with Gasteiger partial charge in [-0.3, -0.25) is 0 Å². The summed E-state index contributed by atoms with van der Waals surface area (Å²) in [5.74, 6) is 1.94. The second kappa shape index (κ2) is 8.59. The molecule has 0 aliphatic heterocycles. The summed E-state index contributed by atoms with van der Waals surface area (Å²) in [5, 5.41) is 22.7. The Bertz CT molecular complexity index is 798. The van der Waals surface area contributed by atoms with Crippen molar-refractivity contribution in [3.8, 4) is 0 Å². The second-order valence-electron chi connectivity index (χ2n) is 14.8. The molecule has 0 aromatic carbocycles. The zero-order valence-electron chi connectivity index (χ0n) is 23.7. The number of allylic oxidation sites excluding steroid dienone is 2. The Kier molecular flexibility index (Phi) is 6.74. The highest BCUT2D eigenvalue weighted by Gasteiger charge is 2.70. The highest BCUT2D eigenvalue weighted by atomic mass is 16.5. The maximum atomic E-state index is 11.8. The Labute approximate surface area is 210 Å². The minimum absolute atomic E-state index is 0.0371. The van der Waals surface area contributed by atoms with Crippen LogP contribution in [0.3, 0.4) is 0 Å². The van der Waals surface area contributed by atoms with Gasteiger partial charge >= 0.3 is 0 Å². The van der Waals surface area contributed by atoms with Gasteiger partial charge in [0.25, 0.3) is 0 Å². The summed E-state index contributed by atoms with van der Waals surface area (Å²) in [5.41, 5.74) is 2.01. The highest BCUT2D eigenvalue weighted by Crippen LogP contribution is 2.75. The van der Waals surface area contributed by atoms with Gasteiger partial charge in [-0.1, -0.05) is 46.3 Å². The molecule has 0 spiro atoms. The summed E-state index contributed by atoms with van der Waals surface area (Å²) < 4.78 is 5.63. The van der Waals surface area contributed by atoms with Gasteiger partial charge in [0.15, 0.2) is 0 Å². The predicted octanol–water partition coefficient (Wildman–Crippen LogP) is 7.15. The number of methoxy groups -OCH3 is 1. The average Bonchev–Trinajstić information content (AvgIpc) is 3.13. The molecule has 0 saturated heterocycles. The summed E-state index contributed by atoms with van der Waals surface area (Å²) in [6.45, 7) is 18.9. The van der Waals surface area contributed by atoms with Crippen LogP contribution in [0.15, 0.2) is 11.6 Å². The molecule has 0 aromatic heterocycles. The minimum atomic E-state index is -0.222. The van der Waals surface area contributed by atoms with E-state index < -0.39 is 0 Å². The molecule has 4 fully saturated rings. The van der Waals surface area contributed by atoms with Crippen LogP contribution in [0, 0.1) is 45.3 Å². The largest absolute Gasteiger partial charge is 0.393 e. The van der Waals surface area contributed by atoms with Crippen molar-refractivity contribution in [2.75, 3.05) is 7.11 Å². The molecular formula is C31H54O3. The molecule has 4 aliphatic carbocycles. The van der Waals surface area contributed by atoms with Gasteiger partial charge in [0.2, 0.25) is 0 Å². The number of ether oxygens (including phenoxy) is 1. The quantitative estimate of drug-likeness (QED) is 0.416. The summed E-state index contributed by atoms with van der Waals surface area (Å²) in [4.78, 5) is 0. The van der Waals surface area contributed by atoms with Crippen LogP contribution in [0.5, 0.6) is 0 Å². The van der Waals surface area contributed by atoms with Crippen LogP contribution in [0.25, 0.3) is 0 Å². The van der Waals surface area contributed by atoms with Crippen molar-refractivity contribution in [3.05, 3.63) is 11.6 Å². The zero-order chi connectivity index (χ0) is 25.3. The standard InChI is InChI=1S/C31H54O3/c1-20(11-10-15-27(2,3)34-9)21-12-17-31(8)26(21)22(32)19-24-29(6)16-14-25(33)28(4,5)23(29)13-18-30(24,31)7/h11,21-26,32-33H,10,12-19H2,1-9H3/b20-11-/t21-,22-,23+,24-,25+,26+,29+,30-,31-/m1/s1. The van der Waals surface area contributed by atoms with Crippen LogP contribution in [0.1, 0.15) is 113 Å². The molecule has 0 heterocycles. The molecule has 4 rings (SSSR count). The predicted molar refractivity (Wildman–Crippen MR) is 140 cm³/mol. The molecule has 3 nitrogen and oxygen atoms in total. The van der Waals surface area contributed by atoms with Crippen molar-refractivity contribution in [2.45, 2.75) is 131 Å². The Hall–Kier alpha value is -0.380. The maximum absolute atomic E-state index is 11.8. The third-order valence-electron chi connectivity index (χ3n) is 12.7. The SMILES string of the molecule is COC(C)(C)CC/C=C(/C)[C@H]1CC[C@]2(C)[C@@H]1[C@H](O)C[C@@H]1[C@@]3(C)CC[C@H](O)C(C)(C)[C@@H]3CC[C@]12C. The van der Waals surface area contributed by atoms with E-state index in [1.165, 1.54) is 31.3 Å². The monoisotopic (exact) mass is 474 g/mol. The van der Waals surface area contributed by atoms with E-state index in [1.807, 2.05) is 0 Å². The van der Waals surface area contributed by atoms with Crippen LogP contribution in [-0.4, -0.2) is 35.1 Å². The van der Waals surface area contributed by atoms with E-state index in [1.54, 1.807) is 7.11 Å². The fourth-order valence-electron chi connectivity index (χ4n) is 10.2. The summed E-state index contributed by atoms with van der Waals surface area (Å²) in [7, 11) is 1.80. The highest BCUT2D eigenvalue weighted by molar-refractivity contribution is 5.22. The summed E-state index contributed by atoms with van der Waals surface area (Å²) in [6, 6.07) is 0. The van der Waals surface area contributed by atoms with Crippen LogP contribution < -0.4 is 0 Å². The van der Waals surface area contributed by atoms with E-state index in [2.05, 4.69) is 61.5 Å². The number of fused-ring (bicyclic) bond motifs is 5. The van der Waals surface area contributed by atoms with Gasteiger partial charge in [0.05, 0.1) is 17.8 Å². The number of hydrogen-bond donors (Lipinski definition) is 2. The van der Waals surface area contributed by atoms with Crippen LogP contribution in [0.2, 0.25) is 0 Å². The Balaban J connectivity index is 1.61. The number of aliphatic hydroxyl groups is 2. The molecule has 9 atom stereocenters. The minimum Gasteiger partial charge on any atom is -0.393 e.